The van der Waals surface area contributed by atoms with Crippen LogP contribution in [0.2, 0.25) is 0 Å². The normalized spacial score (nSPS) is 31.3. The van der Waals surface area contributed by atoms with Crippen molar-refractivity contribution in [1.29, 1.82) is 0 Å². The Morgan fingerprint density at radius 3 is 2.44 bits per heavy atom. The summed E-state index contributed by atoms with van der Waals surface area (Å²) >= 11 is 0. The molecule has 0 radical (unpaired) electrons. The van der Waals surface area contributed by atoms with Gasteiger partial charge >= 0.3 is 0 Å². The minimum absolute atomic E-state index is 0.0345. The first kappa shape index (κ1) is 13.5. The van der Waals surface area contributed by atoms with E-state index in [1.165, 1.54) is 12.1 Å². The molecule has 1 saturated carbocycles. The summed E-state index contributed by atoms with van der Waals surface area (Å²) in [5, 5.41) is 10.8. The molecule has 0 amide bonds. The molecule has 0 heterocycles. The molecular formula is C15H20F2O. The van der Waals surface area contributed by atoms with Crippen LogP contribution in [0.3, 0.4) is 0 Å². The van der Waals surface area contributed by atoms with Crippen LogP contribution in [-0.4, -0.2) is 5.11 Å². The average molecular weight is 254 g/mol. The Morgan fingerprint density at radius 2 is 1.89 bits per heavy atom. The molecule has 1 aromatic rings. The first-order chi connectivity index (χ1) is 8.22. The van der Waals surface area contributed by atoms with Gasteiger partial charge in [-0.05, 0) is 36.7 Å². The van der Waals surface area contributed by atoms with Crippen LogP contribution in [0, 0.1) is 23.0 Å². The van der Waals surface area contributed by atoms with Crippen LogP contribution in [0.1, 0.15) is 45.6 Å². The second-order valence-corrected chi connectivity index (χ2v) is 6.51. The van der Waals surface area contributed by atoms with Crippen LogP contribution < -0.4 is 0 Å². The van der Waals surface area contributed by atoms with Crippen LogP contribution in [0.5, 0.6) is 0 Å². The van der Waals surface area contributed by atoms with Gasteiger partial charge in [-0.2, -0.15) is 0 Å². The predicted octanol–water partition coefficient (Wildman–Crippen LogP) is 4.00. The molecule has 2 atom stereocenters. The van der Waals surface area contributed by atoms with Crippen LogP contribution >= 0.6 is 0 Å². The van der Waals surface area contributed by atoms with Crippen molar-refractivity contribution >= 4 is 0 Å². The Kier molecular flexibility index (Phi) is 3.22. The average Bonchev–Trinajstić information content (AvgIpc) is 2.11. The Hall–Kier alpha value is -0.960. The molecule has 1 aliphatic rings. The van der Waals surface area contributed by atoms with E-state index in [1.54, 1.807) is 0 Å². The van der Waals surface area contributed by atoms with Gasteiger partial charge in [-0.15, -0.1) is 0 Å². The minimum Gasteiger partial charge on any atom is -0.385 e. The van der Waals surface area contributed by atoms with Gasteiger partial charge in [0, 0.05) is 11.6 Å². The van der Waals surface area contributed by atoms with E-state index in [0.717, 1.165) is 12.5 Å². The number of benzene rings is 1. The number of rotatable bonds is 1. The number of hydrogen-bond donors (Lipinski definition) is 1. The van der Waals surface area contributed by atoms with Crippen molar-refractivity contribution in [3.8, 4) is 0 Å². The fourth-order valence-corrected chi connectivity index (χ4v) is 3.60. The van der Waals surface area contributed by atoms with E-state index in [9.17, 15) is 13.9 Å². The van der Waals surface area contributed by atoms with Crippen LogP contribution in [0.15, 0.2) is 18.2 Å². The zero-order chi connectivity index (χ0) is 13.6. The third-order valence-electron chi connectivity index (χ3n) is 3.79. The molecule has 1 fully saturated rings. The summed E-state index contributed by atoms with van der Waals surface area (Å²) in [6.07, 6.45) is 2.05. The van der Waals surface area contributed by atoms with Crippen molar-refractivity contribution in [1.82, 2.24) is 0 Å². The molecule has 3 heteroatoms. The molecule has 0 spiro atoms. The van der Waals surface area contributed by atoms with Gasteiger partial charge < -0.3 is 5.11 Å². The van der Waals surface area contributed by atoms with Crippen molar-refractivity contribution in [2.24, 2.45) is 11.3 Å². The van der Waals surface area contributed by atoms with Gasteiger partial charge in [0.05, 0.1) is 5.60 Å². The van der Waals surface area contributed by atoms with E-state index in [0.29, 0.717) is 18.8 Å². The van der Waals surface area contributed by atoms with Crippen molar-refractivity contribution < 1.29 is 13.9 Å². The summed E-state index contributed by atoms with van der Waals surface area (Å²) in [5.41, 5.74) is -0.991. The second-order valence-electron chi connectivity index (χ2n) is 6.51. The molecule has 0 saturated heterocycles. The zero-order valence-electron chi connectivity index (χ0n) is 11.1. The lowest BCUT2D eigenvalue weighted by Gasteiger charge is -2.45. The third-order valence-corrected chi connectivity index (χ3v) is 3.79. The third kappa shape index (κ3) is 2.56. The highest BCUT2D eigenvalue weighted by Crippen LogP contribution is 2.49. The predicted molar refractivity (Wildman–Crippen MR) is 67.1 cm³/mol. The van der Waals surface area contributed by atoms with Gasteiger partial charge in [0.25, 0.3) is 0 Å². The topological polar surface area (TPSA) is 20.2 Å². The highest BCUT2D eigenvalue weighted by molar-refractivity contribution is 5.26. The van der Waals surface area contributed by atoms with Gasteiger partial charge in [-0.3, -0.25) is 0 Å². The maximum atomic E-state index is 13.9. The van der Waals surface area contributed by atoms with Gasteiger partial charge in [0.1, 0.15) is 11.6 Å². The second kappa shape index (κ2) is 4.30. The minimum atomic E-state index is -1.18. The van der Waals surface area contributed by atoms with Crippen molar-refractivity contribution in [2.45, 2.75) is 45.6 Å². The quantitative estimate of drug-likeness (QED) is 0.803. The van der Waals surface area contributed by atoms with Crippen molar-refractivity contribution in [3.63, 3.8) is 0 Å². The number of halogens is 2. The summed E-state index contributed by atoms with van der Waals surface area (Å²) in [6.45, 7) is 6.22. The first-order valence-electron chi connectivity index (χ1n) is 6.40. The summed E-state index contributed by atoms with van der Waals surface area (Å²) in [7, 11) is 0. The van der Waals surface area contributed by atoms with Crippen LogP contribution in [0.4, 0.5) is 8.78 Å². The molecule has 18 heavy (non-hydrogen) atoms. The fourth-order valence-electron chi connectivity index (χ4n) is 3.60. The smallest absolute Gasteiger partial charge is 0.132 e. The maximum absolute atomic E-state index is 13.9. The lowest BCUT2D eigenvalue weighted by atomic mass is 9.64. The van der Waals surface area contributed by atoms with Crippen molar-refractivity contribution in [2.75, 3.05) is 0 Å². The molecule has 2 unspecified atom stereocenters. The Bertz CT molecular complexity index is 456. The van der Waals surface area contributed by atoms with E-state index in [-0.39, 0.29) is 11.0 Å². The van der Waals surface area contributed by atoms with Crippen LogP contribution in [-0.2, 0) is 5.60 Å². The van der Waals surface area contributed by atoms with Crippen molar-refractivity contribution in [3.05, 3.63) is 35.4 Å². The standard InChI is InChI=1S/C15H20F2O/c1-10-7-14(2,3)9-15(18,8-10)12-5-4-11(16)6-13(12)17/h4-6,10,18H,7-9H2,1-3H3. The molecule has 0 aliphatic heterocycles. The molecular weight excluding hydrogens is 234 g/mol. The Morgan fingerprint density at radius 1 is 1.22 bits per heavy atom. The number of hydrogen-bond acceptors (Lipinski definition) is 1. The van der Waals surface area contributed by atoms with Gasteiger partial charge in [0.2, 0.25) is 0 Å². The lowest BCUT2D eigenvalue weighted by molar-refractivity contribution is -0.0657. The summed E-state index contributed by atoms with van der Waals surface area (Å²) < 4.78 is 26.8. The van der Waals surface area contributed by atoms with E-state index in [2.05, 4.69) is 20.8 Å². The van der Waals surface area contributed by atoms with E-state index >= 15 is 0 Å². The van der Waals surface area contributed by atoms with E-state index in [4.69, 9.17) is 0 Å². The maximum Gasteiger partial charge on any atom is 0.132 e. The van der Waals surface area contributed by atoms with Crippen LogP contribution in [0.25, 0.3) is 0 Å². The Balaban J connectivity index is 2.41. The number of aliphatic hydroxyl groups is 1. The summed E-state index contributed by atoms with van der Waals surface area (Å²) in [6, 6.07) is 3.43. The van der Waals surface area contributed by atoms with E-state index < -0.39 is 17.2 Å². The molecule has 2 rings (SSSR count). The summed E-state index contributed by atoms with van der Waals surface area (Å²) in [5.74, 6) is -0.937. The Labute approximate surface area is 107 Å². The molecule has 0 aromatic heterocycles. The SMILES string of the molecule is CC1CC(C)(C)CC(O)(c2ccc(F)cc2F)C1. The fraction of sp³-hybridized carbons (Fsp3) is 0.600. The molecule has 1 nitrogen and oxygen atoms in total. The highest BCUT2D eigenvalue weighted by atomic mass is 19.1. The highest BCUT2D eigenvalue weighted by Gasteiger charge is 2.43. The van der Waals surface area contributed by atoms with Gasteiger partial charge in [-0.25, -0.2) is 8.78 Å². The summed E-state index contributed by atoms with van der Waals surface area (Å²) in [4.78, 5) is 0. The zero-order valence-corrected chi connectivity index (χ0v) is 11.1. The monoisotopic (exact) mass is 254 g/mol. The first-order valence-corrected chi connectivity index (χ1v) is 6.40. The molecule has 1 N–H and O–H groups in total. The van der Waals surface area contributed by atoms with Gasteiger partial charge in [-0.1, -0.05) is 26.8 Å². The largest absolute Gasteiger partial charge is 0.385 e. The molecule has 0 bridgehead atoms. The lowest BCUT2D eigenvalue weighted by Crippen LogP contribution is -2.40. The van der Waals surface area contributed by atoms with Gasteiger partial charge in [0.15, 0.2) is 0 Å². The van der Waals surface area contributed by atoms with E-state index in [1.807, 2.05) is 0 Å². The molecule has 100 valence electrons. The molecule has 1 aliphatic carbocycles. The molecule has 1 aromatic carbocycles.